The molecule has 1 unspecified atom stereocenters. The summed E-state index contributed by atoms with van der Waals surface area (Å²) in [7, 11) is 3.67. The van der Waals surface area contributed by atoms with Crippen molar-refractivity contribution in [2.75, 3.05) is 40.5 Å². The summed E-state index contributed by atoms with van der Waals surface area (Å²) in [4.78, 5) is 0. The number of benzene rings is 1. The van der Waals surface area contributed by atoms with E-state index in [1.807, 2.05) is 7.05 Å². The normalized spacial score (nSPS) is 12.6. The Kier molecular flexibility index (Phi) is 8.25. The molecule has 4 heteroatoms. The molecule has 0 spiro atoms. The molecule has 0 saturated heterocycles. The van der Waals surface area contributed by atoms with Crippen molar-refractivity contribution in [3.63, 3.8) is 0 Å². The first kappa shape index (κ1) is 15.6. The van der Waals surface area contributed by atoms with Crippen LogP contribution >= 0.6 is 15.9 Å². The van der Waals surface area contributed by atoms with E-state index in [4.69, 9.17) is 9.47 Å². The second kappa shape index (κ2) is 9.50. The van der Waals surface area contributed by atoms with Crippen LogP contribution in [-0.4, -0.2) is 40.5 Å². The molecule has 102 valence electrons. The first-order chi connectivity index (χ1) is 8.77. The van der Waals surface area contributed by atoms with E-state index >= 15 is 0 Å². The van der Waals surface area contributed by atoms with Crippen LogP contribution in [0.3, 0.4) is 0 Å². The lowest BCUT2D eigenvalue weighted by Crippen LogP contribution is -2.19. The summed E-state index contributed by atoms with van der Waals surface area (Å²) >= 11 is 3.52. The topological polar surface area (TPSA) is 30.5 Å². The fourth-order valence-corrected chi connectivity index (χ4v) is 2.28. The molecular formula is C14H22BrNO2. The number of nitrogens with one attached hydrogen (secondary N) is 1. The molecule has 0 saturated carbocycles. The SMILES string of the molecule is CNCC(CCOCCOC)c1cccc(Br)c1. The van der Waals surface area contributed by atoms with E-state index in [1.165, 1.54) is 5.56 Å². The molecule has 1 aromatic rings. The zero-order valence-corrected chi connectivity index (χ0v) is 12.7. The summed E-state index contributed by atoms with van der Waals surface area (Å²) in [6.45, 7) is 3.06. The van der Waals surface area contributed by atoms with Gasteiger partial charge in [-0.25, -0.2) is 0 Å². The first-order valence-corrected chi connectivity index (χ1v) is 7.04. The van der Waals surface area contributed by atoms with Crippen LogP contribution in [0.25, 0.3) is 0 Å². The molecule has 0 fully saturated rings. The average Bonchev–Trinajstić information content (AvgIpc) is 2.37. The van der Waals surface area contributed by atoms with Crippen molar-refractivity contribution in [2.45, 2.75) is 12.3 Å². The third-order valence-electron chi connectivity index (χ3n) is 2.81. The van der Waals surface area contributed by atoms with Crippen LogP contribution in [-0.2, 0) is 9.47 Å². The second-order valence-corrected chi connectivity index (χ2v) is 5.12. The number of hydrogen-bond donors (Lipinski definition) is 1. The molecule has 18 heavy (non-hydrogen) atoms. The Labute approximate surface area is 118 Å². The van der Waals surface area contributed by atoms with Crippen molar-refractivity contribution >= 4 is 15.9 Å². The fourth-order valence-electron chi connectivity index (χ4n) is 1.86. The van der Waals surface area contributed by atoms with Crippen LogP contribution in [0, 0.1) is 0 Å². The Morgan fingerprint density at radius 2 is 2.11 bits per heavy atom. The van der Waals surface area contributed by atoms with E-state index in [-0.39, 0.29) is 0 Å². The number of halogens is 1. The van der Waals surface area contributed by atoms with E-state index in [0.717, 1.165) is 24.0 Å². The summed E-state index contributed by atoms with van der Waals surface area (Å²) in [5, 5.41) is 3.24. The van der Waals surface area contributed by atoms with Crippen LogP contribution in [0.15, 0.2) is 28.7 Å². The fraction of sp³-hybridized carbons (Fsp3) is 0.571. The Balaban J connectivity index is 2.44. The molecule has 0 bridgehead atoms. The zero-order chi connectivity index (χ0) is 13.2. The molecule has 1 N–H and O–H groups in total. The van der Waals surface area contributed by atoms with Gasteiger partial charge in [0, 0.05) is 24.7 Å². The second-order valence-electron chi connectivity index (χ2n) is 4.20. The Bertz CT molecular complexity index is 333. The highest BCUT2D eigenvalue weighted by Crippen LogP contribution is 2.22. The number of likely N-dealkylation sites (N-methyl/N-ethyl adjacent to an activating group) is 1. The third-order valence-corrected chi connectivity index (χ3v) is 3.31. The van der Waals surface area contributed by atoms with Crippen molar-refractivity contribution in [2.24, 2.45) is 0 Å². The molecule has 1 rings (SSSR count). The molecule has 0 aliphatic rings. The number of ether oxygens (including phenoxy) is 2. The largest absolute Gasteiger partial charge is 0.382 e. The van der Waals surface area contributed by atoms with Crippen molar-refractivity contribution in [3.05, 3.63) is 34.3 Å². The first-order valence-electron chi connectivity index (χ1n) is 6.24. The molecule has 0 amide bonds. The van der Waals surface area contributed by atoms with Crippen LogP contribution in [0.4, 0.5) is 0 Å². The minimum atomic E-state index is 0.482. The summed E-state index contributed by atoms with van der Waals surface area (Å²) < 4.78 is 11.6. The smallest absolute Gasteiger partial charge is 0.0700 e. The molecule has 3 nitrogen and oxygen atoms in total. The Morgan fingerprint density at radius 3 is 2.78 bits per heavy atom. The van der Waals surface area contributed by atoms with Crippen LogP contribution < -0.4 is 5.32 Å². The van der Waals surface area contributed by atoms with Gasteiger partial charge in [0.25, 0.3) is 0 Å². The summed E-state index contributed by atoms with van der Waals surface area (Å²) in [6.07, 6.45) is 1.01. The Hall–Kier alpha value is -0.420. The van der Waals surface area contributed by atoms with E-state index in [9.17, 15) is 0 Å². The maximum absolute atomic E-state index is 5.54. The molecule has 1 aromatic carbocycles. The molecule has 0 aromatic heterocycles. The van der Waals surface area contributed by atoms with Crippen LogP contribution in [0.1, 0.15) is 17.9 Å². The van der Waals surface area contributed by atoms with Gasteiger partial charge in [-0.2, -0.15) is 0 Å². The highest BCUT2D eigenvalue weighted by molar-refractivity contribution is 9.10. The van der Waals surface area contributed by atoms with Gasteiger partial charge < -0.3 is 14.8 Å². The minimum absolute atomic E-state index is 0.482. The quantitative estimate of drug-likeness (QED) is 0.711. The molecule has 0 aliphatic carbocycles. The predicted octanol–water partition coefficient (Wildman–Crippen LogP) is 2.81. The number of methoxy groups -OCH3 is 1. The van der Waals surface area contributed by atoms with Gasteiger partial charge in [-0.1, -0.05) is 28.1 Å². The monoisotopic (exact) mass is 315 g/mol. The van der Waals surface area contributed by atoms with Gasteiger partial charge in [0.15, 0.2) is 0 Å². The number of rotatable bonds is 9. The molecule has 0 heterocycles. The van der Waals surface area contributed by atoms with Crippen molar-refractivity contribution in [1.29, 1.82) is 0 Å². The van der Waals surface area contributed by atoms with Gasteiger partial charge in [-0.05, 0) is 37.1 Å². The van der Waals surface area contributed by atoms with Gasteiger partial charge in [0.05, 0.1) is 13.2 Å². The lowest BCUT2D eigenvalue weighted by Gasteiger charge is -2.17. The van der Waals surface area contributed by atoms with Gasteiger partial charge in [0.2, 0.25) is 0 Å². The van der Waals surface area contributed by atoms with Gasteiger partial charge in [-0.3, -0.25) is 0 Å². The zero-order valence-electron chi connectivity index (χ0n) is 11.1. The molecule has 0 aliphatic heterocycles. The summed E-state index contributed by atoms with van der Waals surface area (Å²) in [5.41, 5.74) is 1.34. The van der Waals surface area contributed by atoms with E-state index < -0.39 is 0 Å². The van der Waals surface area contributed by atoms with E-state index in [0.29, 0.717) is 19.1 Å². The molecule has 0 radical (unpaired) electrons. The summed E-state index contributed by atoms with van der Waals surface area (Å²) in [5.74, 6) is 0.482. The standard InChI is InChI=1S/C14H22BrNO2/c1-16-11-13(6-7-18-9-8-17-2)12-4-3-5-14(15)10-12/h3-5,10,13,16H,6-9,11H2,1-2H3. The maximum Gasteiger partial charge on any atom is 0.0700 e. The predicted molar refractivity (Wildman–Crippen MR) is 78.1 cm³/mol. The third kappa shape index (κ3) is 5.96. The average molecular weight is 316 g/mol. The van der Waals surface area contributed by atoms with Gasteiger partial charge >= 0.3 is 0 Å². The van der Waals surface area contributed by atoms with Crippen LogP contribution in [0.2, 0.25) is 0 Å². The molecule has 1 atom stereocenters. The molecular weight excluding hydrogens is 294 g/mol. The van der Waals surface area contributed by atoms with Gasteiger partial charge in [0.1, 0.15) is 0 Å². The van der Waals surface area contributed by atoms with Crippen molar-refractivity contribution in [3.8, 4) is 0 Å². The van der Waals surface area contributed by atoms with E-state index in [1.54, 1.807) is 7.11 Å². The van der Waals surface area contributed by atoms with Crippen molar-refractivity contribution in [1.82, 2.24) is 5.32 Å². The van der Waals surface area contributed by atoms with E-state index in [2.05, 4.69) is 45.5 Å². The van der Waals surface area contributed by atoms with Crippen LogP contribution in [0.5, 0.6) is 0 Å². The van der Waals surface area contributed by atoms with Gasteiger partial charge in [-0.15, -0.1) is 0 Å². The number of hydrogen-bond acceptors (Lipinski definition) is 3. The lowest BCUT2D eigenvalue weighted by molar-refractivity contribution is 0.0670. The Morgan fingerprint density at radius 1 is 1.28 bits per heavy atom. The highest BCUT2D eigenvalue weighted by atomic mass is 79.9. The maximum atomic E-state index is 5.54. The highest BCUT2D eigenvalue weighted by Gasteiger charge is 2.10. The van der Waals surface area contributed by atoms with Crippen molar-refractivity contribution < 1.29 is 9.47 Å². The minimum Gasteiger partial charge on any atom is -0.382 e. The lowest BCUT2D eigenvalue weighted by atomic mass is 9.96. The summed E-state index contributed by atoms with van der Waals surface area (Å²) in [6, 6.07) is 8.47.